The minimum atomic E-state index is -1.82. The molecule has 57 valence electrons. The van der Waals surface area contributed by atoms with Gasteiger partial charge in [-0.15, -0.1) is 0 Å². The normalized spacial score (nSPS) is 4.89. The van der Waals surface area contributed by atoms with Crippen LogP contribution in [0.4, 0.5) is 0 Å². The van der Waals surface area contributed by atoms with Crippen LogP contribution < -0.4 is 0 Å². The second-order valence-electron chi connectivity index (χ2n) is 0.610. The molecule has 0 aromatic rings. The molecule has 1 radical (unpaired) electrons. The number of aliphatic carboxylic acids is 2. The summed E-state index contributed by atoms with van der Waals surface area (Å²) in [6.45, 7) is 0. The maximum Gasteiger partial charge on any atom is 0.414 e. The molecule has 0 fully saturated rings. The molecule has 9 heavy (non-hydrogen) atoms. The minimum Gasteiger partial charge on any atom is -2.00 e. The number of carboxylic acids is 2. The molecule has 0 unspecified atom stereocenters. The van der Waals surface area contributed by atoms with E-state index >= 15 is 0 Å². The Morgan fingerprint density at radius 2 is 1.00 bits per heavy atom. The fourth-order valence-corrected chi connectivity index (χ4v) is 0. The van der Waals surface area contributed by atoms with Gasteiger partial charge in [-0.1, -0.05) is 0 Å². The Bertz CT molecular complexity index is 77.1. The summed E-state index contributed by atoms with van der Waals surface area (Å²) in [6.07, 6.45) is 0. The average Bonchev–Trinajstić information content (AvgIpc) is 1.36. The van der Waals surface area contributed by atoms with Crippen LogP contribution in [0, 0.1) is 0 Å². The van der Waals surface area contributed by atoms with Crippen LogP contribution in [0.1, 0.15) is 0 Å². The topological polar surface area (TPSA) is 132 Å². The van der Waals surface area contributed by atoms with Crippen LogP contribution >= 0.6 is 0 Å². The Labute approximate surface area is 60.6 Å². The Morgan fingerprint density at radius 1 is 0.889 bits per heavy atom. The fourth-order valence-electron chi connectivity index (χ4n) is 0. The van der Waals surface area contributed by atoms with Gasteiger partial charge in [0.05, 0.1) is 0 Å². The molecule has 0 saturated heterocycles. The van der Waals surface area contributed by atoms with Crippen molar-refractivity contribution in [3.05, 3.63) is 0 Å². The van der Waals surface area contributed by atoms with Gasteiger partial charge in [0, 0.05) is 17.1 Å². The van der Waals surface area contributed by atoms with Gasteiger partial charge < -0.3 is 21.2 Å². The third-order valence-electron chi connectivity index (χ3n) is 0.183. The van der Waals surface area contributed by atoms with Crippen molar-refractivity contribution in [3.63, 3.8) is 0 Å². The summed E-state index contributed by atoms with van der Waals surface area (Å²) in [5.41, 5.74) is 0. The van der Waals surface area contributed by atoms with E-state index in [1.807, 2.05) is 0 Å². The first kappa shape index (κ1) is 23.8. The molecule has 0 aromatic heterocycles. The van der Waals surface area contributed by atoms with Crippen molar-refractivity contribution < 1.29 is 47.8 Å². The monoisotopic (exact) mass is 177 g/mol. The largest absolute Gasteiger partial charge is 2.00 e. The van der Waals surface area contributed by atoms with Gasteiger partial charge in [-0.2, -0.15) is 0 Å². The zero-order chi connectivity index (χ0) is 5.15. The van der Waals surface area contributed by atoms with Crippen molar-refractivity contribution in [1.82, 2.24) is 0 Å². The van der Waals surface area contributed by atoms with E-state index in [2.05, 4.69) is 0 Å². The molecular weight excluding hydrogens is 175 g/mol. The van der Waals surface area contributed by atoms with Crippen molar-refractivity contribution in [2.45, 2.75) is 0 Å². The van der Waals surface area contributed by atoms with Gasteiger partial charge in [0.2, 0.25) is 0 Å². The van der Waals surface area contributed by atoms with Gasteiger partial charge in [0.1, 0.15) is 0 Å². The molecule has 0 aliphatic rings. The first-order chi connectivity index (χ1) is 2.64. The van der Waals surface area contributed by atoms with E-state index in [-0.39, 0.29) is 28.0 Å². The number of carbonyl (C=O) groups is 2. The summed E-state index contributed by atoms with van der Waals surface area (Å²) < 4.78 is 0. The smallest absolute Gasteiger partial charge is 0.414 e. The van der Waals surface area contributed by atoms with Crippen LogP contribution in [-0.2, 0) is 37.6 Å². The molecule has 0 heterocycles. The van der Waals surface area contributed by atoms with Gasteiger partial charge in [-0.05, 0) is 0 Å². The molecule has 0 aromatic carbocycles. The molecule has 0 aliphatic carbocycles. The maximum atomic E-state index is 9.10. The third-order valence-corrected chi connectivity index (χ3v) is 0.183. The van der Waals surface area contributed by atoms with Crippen LogP contribution in [0.25, 0.3) is 0 Å². The second kappa shape index (κ2) is 10.4. The third kappa shape index (κ3) is 18.7. The van der Waals surface area contributed by atoms with E-state index in [1.54, 1.807) is 0 Å². The molecule has 0 spiro atoms. The first-order valence-corrected chi connectivity index (χ1v) is 1.11. The van der Waals surface area contributed by atoms with Gasteiger partial charge in [0.15, 0.2) is 0 Å². The summed E-state index contributed by atoms with van der Waals surface area (Å²) in [4.78, 5) is 18.2. The summed E-state index contributed by atoms with van der Waals surface area (Å²) in [7, 11) is 0. The molecule has 2 N–H and O–H groups in total. The van der Waals surface area contributed by atoms with E-state index < -0.39 is 11.9 Å². The van der Waals surface area contributed by atoms with Crippen molar-refractivity contribution in [1.29, 1.82) is 0 Å². The van der Waals surface area contributed by atoms with Gasteiger partial charge in [-0.3, -0.25) is 0 Å². The fraction of sp³-hybridized carbons (Fsp3) is 0. The standard InChI is InChI=1S/C2H2O4.Mn.2O/c3-1(4)2(5)6;;;/h(H,3,4)(H,5,6);;;/q;;2*-2. The summed E-state index contributed by atoms with van der Waals surface area (Å²) in [6, 6.07) is 0. The molecule has 0 rings (SSSR count). The van der Waals surface area contributed by atoms with Gasteiger partial charge >= 0.3 is 11.9 Å². The average molecular weight is 177 g/mol. The van der Waals surface area contributed by atoms with Crippen LogP contribution in [0.3, 0.4) is 0 Å². The second-order valence-corrected chi connectivity index (χ2v) is 0.610. The van der Waals surface area contributed by atoms with Crippen LogP contribution in [-0.4, -0.2) is 22.2 Å². The van der Waals surface area contributed by atoms with E-state index in [4.69, 9.17) is 19.8 Å². The summed E-state index contributed by atoms with van der Waals surface area (Å²) >= 11 is 0. The molecule has 0 atom stereocenters. The van der Waals surface area contributed by atoms with E-state index in [1.165, 1.54) is 0 Å². The number of hydrogen-bond acceptors (Lipinski definition) is 2. The SMILES string of the molecule is O=C(O)C(=O)O.[Mn].[O-2].[O-2]. The molecule has 7 heteroatoms. The molecule has 0 saturated carbocycles. The Morgan fingerprint density at radius 3 is 1.00 bits per heavy atom. The van der Waals surface area contributed by atoms with E-state index in [0.717, 1.165) is 0 Å². The van der Waals surface area contributed by atoms with Crippen molar-refractivity contribution in [2.24, 2.45) is 0 Å². The number of hydrogen-bond donors (Lipinski definition) is 2. The number of carboxylic acid groups (broad SMARTS) is 2. The van der Waals surface area contributed by atoms with Crippen molar-refractivity contribution >= 4 is 11.9 Å². The van der Waals surface area contributed by atoms with Gasteiger partial charge in [0.25, 0.3) is 0 Å². The molecule has 0 amide bonds. The molecule has 0 aliphatic heterocycles. The Hall–Kier alpha value is -0.621. The predicted octanol–water partition coefficient (Wildman–Crippen LogP) is -1.08. The Balaban J connectivity index is -0.0000000417. The molecule has 6 nitrogen and oxygen atoms in total. The van der Waals surface area contributed by atoms with Crippen LogP contribution in [0.2, 0.25) is 0 Å². The quantitative estimate of drug-likeness (QED) is 0.359. The summed E-state index contributed by atoms with van der Waals surface area (Å²) in [5, 5.41) is 14.8. The minimum absolute atomic E-state index is 0. The Kier molecular flexibility index (Phi) is 27.4. The maximum absolute atomic E-state index is 9.10. The van der Waals surface area contributed by atoms with Crippen molar-refractivity contribution in [3.8, 4) is 0 Å². The molecular formula is C2H2MnO6-4. The van der Waals surface area contributed by atoms with E-state index in [0.29, 0.717) is 0 Å². The zero-order valence-corrected chi connectivity index (χ0v) is 5.09. The van der Waals surface area contributed by atoms with Crippen LogP contribution in [0.5, 0.6) is 0 Å². The molecule has 0 bridgehead atoms. The van der Waals surface area contributed by atoms with Gasteiger partial charge in [-0.25, -0.2) is 9.59 Å². The van der Waals surface area contributed by atoms with Crippen LogP contribution in [0.15, 0.2) is 0 Å². The predicted molar refractivity (Wildman–Crippen MR) is 16.6 cm³/mol. The first-order valence-electron chi connectivity index (χ1n) is 1.11. The van der Waals surface area contributed by atoms with E-state index in [9.17, 15) is 0 Å². The summed E-state index contributed by atoms with van der Waals surface area (Å²) in [5.74, 6) is -3.65. The van der Waals surface area contributed by atoms with Crippen molar-refractivity contribution in [2.75, 3.05) is 0 Å². The zero-order valence-electron chi connectivity index (χ0n) is 3.91. The number of rotatable bonds is 0.